The number of hydrogen-bond donors (Lipinski definition) is 2. The molecule has 1 fully saturated rings. The summed E-state index contributed by atoms with van der Waals surface area (Å²) in [5.41, 5.74) is 2.22. The Balaban J connectivity index is 1.67. The van der Waals surface area contributed by atoms with E-state index in [9.17, 15) is 9.59 Å². The van der Waals surface area contributed by atoms with E-state index in [0.29, 0.717) is 17.9 Å². The molecule has 0 unspecified atom stereocenters. The summed E-state index contributed by atoms with van der Waals surface area (Å²) in [4.78, 5) is 25.0. The van der Waals surface area contributed by atoms with E-state index in [1.54, 1.807) is 28.5 Å². The van der Waals surface area contributed by atoms with Crippen LogP contribution >= 0.6 is 0 Å². The molecule has 2 amide bonds. The lowest BCUT2D eigenvalue weighted by atomic mass is 9.97. The molecule has 2 N–H and O–H groups in total. The highest BCUT2D eigenvalue weighted by atomic mass is 16.2. The third kappa shape index (κ3) is 3.63. The van der Waals surface area contributed by atoms with E-state index >= 15 is 0 Å². The fraction of sp³-hybridized carbons (Fsp3) is 0.556. The number of nitrogens with zero attached hydrogens (tertiary/aromatic N) is 4. The summed E-state index contributed by atoms with van der Waals surface area (Å²) in [5.74, 6) is -0.415. The van der Waals surface area contributed by atoms with Crippen LogP contribution in [0.4, 0.5) is 0 Å². The zero-order chi connectivity index (χ0) is 18.9. The smallest absolute Gasteiger partial charge is 0.272 e. The Bertz CT molecular complexity index is 790. The van der Waals surface area contributed by atoms with Crippen molar-refractivity contribution in [3.8, 4) is 0 Å². The van der Waals surface area contributed by atoms with Gasteiger partial charge in [-0.15, -0.1) is 0 Å². The van der Waals surface area contributed by atoms with E-state index in [1.807, 2.05) is 20.9 Å². The first kappa shape index (κ1) is 18.2. The van der Waals surface area contributed by atoms with E-state index in [0.717, 1.165) is 37.1 Å². The van der Waals surface area contributed by atoms with Crippen molar-refractivity contribution in [1.82, 2.24) is 30.2 Å². The minimum absolute atomic E-state index is 0.196. The van der Waals surface area contributed by atoms with Crippen LogP contribution in [0.1, 0.15) is 58.0 Å². The highest BCUT2D eigenvalue weighted by molar-refractivity contribution is 5.94. The van der Waals surface area contributed by atoms with Crippen LogP contribution in [0.3, 0.4) is 0 Å². The second-order valence-corrected chi connectivity index (χ2v) is 7.21. The summed E-state index contributed by atoms with van der Waals surface area (Å²) in [6.45, 7) is 4.19. The Morgan fingerprint density at radius 2 is 1.50 bits per heavy atom. The molecule has 0 radical (unpaired) electrons. The monoisotopic (exact) mass is 358 g/mol. The molecule has 8 heteroatoms. The molecule has 0 spiro atoms. The Morgan fingerprint density at radius 3 is 1.96 bits per heavy atom. The van der Waals surface area contributed by atoms with Gasteiger partial charge in [0.2, 0.25) is 0 Å². The molecule has 1 saturated carbocycles. The van der Waals surface area contributed by atoms with E-state index < -0.39 is 5.54 Å². The summed E-state index contributed by atoms with van der Waals surface area (Å²) in [6.07, 6.45) is 3.73. The zero-order valence-corrected chi connectivity index (χ0v) is 15.8. The molecule has 1 aliphatic rings. The molecule has 2 heterocycles. The standard InChI is InChI=1S/C18H26N6O2/c1-12-9-14(21-23(12)3)16(25)19-11-18(7-5-6-8-18)20-17(26)15-10-13(2)24(4)22-15/h9-10H,5-8,11H2,1-4H3,(H,19,25)(H,20,26). The number of aryl methyl sites for hydroxylation is 4. The first-order valence-corrected chi connectivity index (χ1v) is 8.92. The molecule has 1 aliphatic carbocycles. The van der Waals surface area contributed by atoms with Crippen LogP contribution in [0, 0.1) is 13.8 Å². The van der Waals surface area contributed by atoms with Crippen molar-refractivity contribution in [3.05, 3.63) is 34.9 Å². The highest BCUT2D eigenvalue weighted by Crippen LogP contribution is 2.29. The van der Waals surface area contributed by atoms with Crippen molar-refractivity contribution in [2.24, 2.45) is 14.1 Å². The van der Waals surface area contributed by atoms with Gasteiger partial charge in [-0.05, 0) is 38.8 Å². The zero-order valence-electron chi connectivity index (χ0n) is 15.8. The van der Waals surface area contributed by atoms with Gasteiger partial charge in [0.25, 0.3) is 11.8 Å². The molecule has 2 aromatic rings. The van der Waals surface area contributed by atoms with Gasteiger partial charge in [0.15, 0.2) is 0 Å². The molecule has 0 aromatic carbocycles. The number of nitrogens with one attached hydrogen (secondary N) is 2. The van der Waals surface area contributed by atoms with Crippen LogP contribution in [0.2, 0.25) is 0 Å². The summed E-state index contributed by atoms with van der Waals surface area (Å²) in [6, 6.07) is 3.53. The predicted octanol–water partition coefficient (Wildman–Crippen LogP) is 1.24. The van der Waals surface area contributed by atoms with Gasteiger partial charge in [0, 0.05) is 32.0 Å². The van der Waals surface area contributed by atoms with Gasteiger partial charge in [-0.3, -0.25) is 19.0 Å². The molecule has 2 aromatic heterocycles. The quantitative estimate of drug-likeness (QED) is 0.841. The van der Waals surface area contributed by atoms with Crippen LogP contribution in [0.15, 0.2) is 12.1 Å². The molecule has 140 valence electrons. The molecular weight excluding hydrogens is 332 g/mol. The lowest BCUT2D eigenvalue weighted by Gasteiger charge is -2.30. The molecule has 0 saturated heterocycles. The topological polar surface area (TPSA) is 93.8 Å². The van der Waals surface area contributed by atoms with Crippen molar-refractivity contribution in [3.63, 3.8) is 0 Å². The summed E-state index contributed by atoms with van der Waals surface area (Å²) in [5, 5.41) is 14.5. The third-order valence-electron chi connectivity index (χ3n) is 5.22. The fourth-order valence-corrected chi connectivity index (χ4v) is 3.39. The largest absolute Gasteiger partial charge is 0.348 e. The van der Waals surface area contributed by atoms with E-state index in [-0.39, 0.29) is 11.8 Å². The number of carbonyl (C=O) groups is 2. The highest BCUT2D eigenvalue weighted by Gasteiger charge is 2.36. The van der Waals surface area contributed by atoms with Gasteiger partial charge in [-0.2, -0.15) is 10.2 Å². The Kier molecular flexibility index (Phi) is 4.84. The van der Waals surface area contributed by atoms with Gasteiger partial charge < -0.3 is 10.6 Å². The minimum Gasteiger partial charge on any atom is -0.348 e. The average molecular weight is 358 g/mol. The van der Waals surface area contributed by atoms with Gasteiger partial charge in [-0.25, -0.2) is 0 Å². The third-order valence-corrected chi connectivity index (χ3v) is 5.22. The molecular formula is C18H26N6O2. The Labute approximate surface area is 152 Å². The number of aromatic nitrogens is 4. The molecule has 0 aliphatic heterocycles. The Morgan fingerprint density at radius 1 is 1.00 bits per heavy atom. The summed E-state index contributed by atoms with van der Waals surface area (Å²) < 4.78 is 3.35. The maximum Gasteiger partial charge on any atom is 0.272 e. The second kappa shape index (κ2) is 6.93. The van der Waals surface area contributed by atoms with E-state index in [1.165, 1.54) is 0 Å². The first-order valence-electron chi connectivity index (χ1n) is 8.92. The molecule has 3 rings (SSSR count). The SMILES string of the molecule is Cc1cc(C(=O)NCC2(NC(=O)c3cc(C)n(C)n3)CCCC2)nn1C. The average Bonchev–Trinajstić information content (AvgIpc) is 3.28. The first-order chi connectivity index (χ1) is 12.3. The van der Waals surface area contributed by atoms with Crippen molar-refractivity contribution >= 4 is 11.8 Å². The van der Waals surface area contributed by atoms with Crippen LogP contribution in [0.25, 0.3) is 0 Å². The van der Waals surface area contributed by atoms with Crippen LogP contribution in [0.5, 0.6) is 0 Å². The van der Waals surface area contributed by atoms with Crippen molar-refractivity contribution in [2.45, 2.75) is 45.1 Å². The van der Waals surface area contributed by atoms with Gasteiger partial charge >= 0.3 is 0 Å². The molecule has 26 heavy (non-hydrogen) atoms. The predicted molar refractivity (Wildman–Crippen MR) is 96.9 cm³/mol. The fourth-order valence-electron chi connectivity index (χ4n) is 3.39. The number of amides is 2. The van der Waals surface area contributed by atoms with Crippen molar-refractivity contribution in [1.29, 1.82) is 0 Å². The number of hydrogen-bond acceptors (Lipinski definition) is 4. The molecule has 0 atom stereocenters. The second-order valence-electron chi connectivity index (χ2n) is 7.21. The summed E-state index contributed by atoms with van der Waals surface area (Å²) >= 11 is 0. The van der Waals surface area contributed by atoms with Crippen molar-refractivity contribution < 1.29 is 9.59 Å². The maximum absolute atomic E-state index is 12.6. The lowest BCUT2D eigenvalue weighted by molar-refractivity contribution is 0.0861. The van der Waals surface area contributed by atoms with Crippen molar-refractivity contribution in [2.75, 3.05) is 6.54 Å². The van der Waals surface area contributed by atoms with Crippen LogP contribution in [-0.2, 0) is 14.1 Å². The Hall–Kier alpha value is -2.64. The normalized spacial score (nSPS) is 15.8. The summed E-state index contributed by atoms with van der Waals surface area (Å²) in [7, 11) is 3.62. The van der Waals surface area contributed by atoms with E-state index in [2.05, 4.69) is 20.8 Å². The van der Waals surface area contributed by atoms with Crippen LogP contribution in [-0.4, -0.2) is 43.5 Å². The lowest BCUT2D eigenvalue weighted by Crippen LogP contribution is -2.54. The number of rotatable bonds is 5. The maximum atomic E-state index is 12.6. The molecule has 8 nitrogen and oxygen atoms in total. The van der Waals surface area contributed by atoms with E-state index in [4.69, 9.17) is 0 Å². The van der Waals surface area contributed by atoms with Gasteiger partial charge in [0.05, 0.1) is 5.54 Å². The molecule has 0 bridgehead atoms. The van der Waals surface area contributed by atoms with Gasteiger partial charge in [-0.1, -0.05) is 12.8 Å². The number of carbonyl (C=O) groups excluding carboxylic acids is 2. The van der Waals surface area contributed by atoms with Gasteiger partial charge in [0.1, 0.15) is 11.4 Å². The minimum atomic E-state index is -0.429. The van der Waals surface area contributed by atoms with Crippen LogP contribution < -0.4 is 10.6 Å².